The molecule has 0 unspecified atom stereocenters. The second-order valence-corrected chi connectivity index (χ2v) is 6.60. The Hall–Kier alpha value is -0.310. The lowest BCUT2D eigenvalue weighted by Crippen LogP contribution is -2.46. The number of unbranched alkanes of at least 4 members (excludes halogenated alkanes) is 1. The fourth-order valence-corrected chi connectivity index (χ4v) is 2.72. The summed E-state index contributed by atoms with van der Waals surface area (Å²) in [6, 6.07) is 0. The van der Waals surface area contributed by atoms with Gasteiger partial charge < -0.3 is 10.2 Å². The summed E-state index contributed by atoms with van der Waals surface area (Å²) in [7, 11) is 0. The minimum Gasteiger partial charge on any atom is -0.363 e. The van der Waals surface area contributed by atoms with Crippen molar-refractivity contribution in [2.45, 2.75) is 53.4 Å². The Labute approximate surface area is 112 Å². The van der Waals surface area contributed by atoms with E-state index in [1.165, 1.54) is 25.7 Å². The van der Waals surface area contributed by atoms with E-state index in [-0.39, 0.29) is 0 Å². The molecular formula is C14H28N2S. The van der Waals surface area contributed by atoms with Gasteiger partial charge in [0.2, 0.25) is 0 Å². The van der Waals surface area contributed by atoms with Gasteiger partial charge in [-0.2, -0.15) is 0 Å². The van der Waals surface area contributed by atoms with Gasteiger partial charge in [-0.05, 0) is 42.8 Å². The molecule has 1 rings (SSSR count). The molecule has 0 amide bonds. The van der Waals surface area contributed by atoms with Gasteiger partial charge in [0.1, 0.15) is 0 Å². The van der Waals surface area contributed by atoms with Crippen molar-refractivity contribution in [2.24, 2.45) is 11.3 Å². The lowest BCUT2D eigenvalue weighted by molar-refractivity contribution is 0.149. The van der Waals surface area contributed by atoms with Crippen molar-refractivity contribution in [3.63, 3.8) is 0 Å². The van der Waals surface area contributed by atoms with E-state index < -0.39 is 0 Å². The fourth-order valence-electron chi connectivity index (χ4n) is 2.43. The summed E-state index contributed by atoms with van der Waals surface area (Å²) in [6.07, 6.45) is 4.98. The molecule has 0 aromatic carbocycles. The van der Waals surface area contributed by atoms with E-state index in [0.717, 1.165) is 30.7 Å². The molecule has 100 valence electrons. The van der Waals surface area contributed by atoms with Crippen LogP contribution in [0, 0.1) is 11.3 Å². The number of thiocarbonyl (C=S) groups is 1. The molecule has 1 N–H and O–H groups in total. The van der Waals surface area contributed by atoms with Crippen LogP contribution in [-0.2, 0) is 0 Å². The van der Waals surface area contributed by atoms with Gasteiger partial charge in [0.25, 0.3) is 0 Å². The largest absolute Gasteiger partial charge is 0.363 e. The standard InChI is InChI=1S/C14H28N2S/c1-5-6-9-15-13(17)16-10-7-12(8-11-16)14(2,3)4/h12H,5-11H2,1-4H3,(H,15,17). The molecule has 0 saturated carbocycles. The summed E-state index contributed by atoms with van der Waals surface area (Å²) in [5.41, 5.74) is 0.448. The Morgan fingerprint density at radius 2 is 1.88 bits per heavy atom. The first-order valence-corrected chi connectivity index (χ1v) is 7.38. The highest BCUT2D eigenvalue weighted by molar-refractivity contribution is 7.80. The number of rotatable bonds is 3. The molecule has 0 aliphatic carbocycles. The van der Waals surface area contributed by atoms with Crippen molar-refractivity contribution in [1.29, 1.82) is 0 Å². The number of hydrogen-bond donors (Lipinski definition) is 1. The second kappa shape index (κ2) is 6.58. The van der Waals surface area contributed by atoms with Gasteiger partial charge >= 0.3 is 0 Å². The molecule has 2 nitrogen and oxygen atoms in total. The molecule has 1 saturated heterocycles. The van der Waals surface area contributed by atoms with Gasteiger partial charge in [-0.25, -0.2) is 0 Å². The maximum Gasteiger partial charge on any atom is 0.168 e. The molecule has 0 aromatic rings. The Bertz CT molecular complexity index is 237. The third-order valence-corrected chi connectivity index (χ3v) is 4.22. The van der Waals surface area contributed by atoms with E-state index in [1.54, 1.807) is 0 Å². The van der Waals surface area contributed by atoms with Gasteiger partial charge in [0, 0.05) is 19.6 Å². The first kappa shape index (κ1) is 14.7. The SMILES string of the molecule is CCCCNC(=S)N1CCC(C(C)(C)C)CC1. The Morgan fingerprint density at radius 1 is 1.29 bits per heavy atom. The maximum atomic E-state index is 5.43. The van der Waals surface area contributed by atoms with Crippen molar-refractivity contribution in [1.82, 2.24) is 10.2 Å². The van der Waals surface area contributed by atoms with Crippen LogP contribution >= 0.6 is 12.2 Å². The highest BCUT2D eigenvalue weighted by atomic mass is 32.1. The van der Waals surface area contributed by atoms with Crippen molar-refractivity contribution in [2.75, 3.05) is 19.6 Å². The fraction of sp³-hybridized carbons (Fsp3) is 0.929. The monoisotopic (exact) mass is 256 g/mol. The molecule has 3 heteroatoms. The van der Waals surface area contributed by atoms with Crippen LogP contribution in [0.1, 0.15) is 53.4 Å². The Kier molecular flexibility index (Phi) is 5.71. The van der Waals surface area contributed by atoms with Crippen molar-refractivity contribution in [3.8, 4) is 0 Å². The topological polar surface area (TPSA) is 15.3 Å². The number of nitrogens with one attached hydrogen (secondary N) is 1. The van der Waals surface area contributed by atoms with Crippen molar-refractivity contribution in [3.05, 3.63) is 0 Å². The predicted molar refractivity (Wildman–Crippen MR) is 79.3 cm³/mol. The third kappa shape index (κ3) is 4.82. The van der Waals surface area contributed by atoms with Crippen LogP contribution in [0.3, 0.4) is 0 Å². The van der Waals surface area contributed by atoms with Crippen LogP contribution in [0.15, 0.2) is 0 Å². The van der Waals surface area contributed by atoms with Crippen LogP contribution in [0.2, 0.25) is 0 Å². The van der Waals surface area contributed by atoms with E-state index in [2.05, 4.69) is 37.9 Å². The molecule has 1 fully saturated rings. The number of hydrogen-bond acceptors (Lipinski definition) is 1. The van der Waals surface area contributed by atoms with Gasteiger partial charge in [-0.3, -0.25) is 0 Å². The normalized spacial score (nSPS) is 18.2. The minimum absolute atomic E-state index is 0.448. The molecule has 0 aromatic heterocycles. The van der Waals surface area contributed by atoms with Crippen LogP contribution < -0.4 is 5.32 Å². The quantitative estimate of drug-likeness (QED) is 0.615. The molecular weight excluding hydrogens is 228 g/mol. The van der Waals surface area contributed by atoms with Crippen LogP contribution in [0.5, 0.6) is 0 Å². The van der Waals surface area contributed by atoms with Crippen LogP contribution in [0.4, 0.5) is 0 Å². The lowest BCUT2D eigenvalue weighted by atomic mass is 9.75. The van der Waals surface area contributed by atoms with Gasteiger partial charge in [0.05, 0.1) is 0 Å². The smallest absolute Gasteiger partial charge is 0.168 e. The number of likely N-dealkylation sites (tertiary alicyclic amines) is 1. The summed E-state index contributed by atoms with van der Waals surface area (Å²) in [4.78, 5) is 2.34. The molecule has 0 radical (unpaired) electrons. The minimum atomic E-state index is 0.448. The maximum absolute atomic E-state index is 5.43. The van der Waals surface area contributed by atoms with E-state index >= 15 is 0 Å². The molecule has 1 aliphatic heterocycles. The summed E-state index contributed by atoms with van der Waals surface area (Å²) in [5.74, 6) is 0.845. The first-order chi connectivity index (χ1) is 7.95. The average molecular weight is 256 g/mol. The zero-order valence-electron chi connectivity index (χ0n) is 11.9. The molecule has 17 heavy (non-hydrogen) atoms. The van der Waals surface area contributed by atoms with E-state index in [4.69, 9.17) is 12.2 Å². The third-order valence-electron chi connectivity index (χ3n) is 3.81. The molecule has 1 heterocycles. The predicted octanol–water partition coefficient (Wildman–Crippen LogP) is 3.42. The average Bonchev–Trinajstić information content (AvgIpc) is 2.28. The summed E-state index contributed by atoms with van der Waals surface area (Å²) >= 11 is 5.43. The van der Waals surface area contributed by atoms with E-state index in [1.807, 2.05) is 0 Å². The summed E-state index contributed by atoms with van der Waals surface area (Å²) in [5, 5.41) is 4.33. The zero-order valence-corrected chi connectivity index (χ0v) is 12.7. The van der Waals surface area contributed by atoms with Crippen LogP contribution in [-0.4, -0.2) is 29.6 Å². The molecule has 0 atom stereocenters. The van der Waals surface area contributed by atoms with Gasteiger partial charge in [0.15, 0.2) is 5.11 Å². The van der Waals surface area contributed by atoms with Gasteiger partial charge in [-0.15, -0.1) is 0 Å². The molecule has 1 aliphatic rings. The Morgan fingerprint density at radius 3 is 2.35 bits per heavy atom. The number of nitrogens with zero attached hydrogens (tertiary/aromatic N) is 1. The van der Waals surface area contributed by atoms with Crippen LogP contribution in [0.25, 0.3) is 0 Å². The highest BCUT2D eigenvalue weighted by Gasteiger charge is 2.29. The van der Waals surface area contributed by atoms with Crippen molar-refractivity contribution >= 4 is 17.3 Å². The Balaban J connectivity index is 2.29. The zero-order chi connectivity index (χ0) is 12.9. The first-order valence-electron chi connectivity index (χ1n) is 6.98. The van der Waals surface area contributed by atoms with Gasteiger partial charge in [-0.1, -0.05) is 34.1 Å². The second-order valence-electron chi connectivity index (χ2n) is 6.21. The van der Waals surface area contributed by atoms with Crippen molar-refractivity contribution < 1.29 is 0 Å². The summed E-state index contributed by atoms with van der Waals surface area (Å²) < 4.78 is 0. The molecule has 0 spiro atoms. The lowest BCUT2D eigenvalue weighted by Gasteiger charge is -2.39. The van der Waals surface area contributed by atoms with E-state index in [9.17, 15) is 0 Å². The molecule has 0 bridgehead atoms. The highest BCUT2D eigenvalue weighted by Crippen LogP contribution is 2.34. The number of piperidine rings is 1. The van der Waals surface area contributed by atoms with E-state index in [0.29, 0.717) is 5.41 Å². The summed E-state index contributed by atoms with van der Waals surface area (Å²) in [6.45, 7) is 12.5.